The van der Waals surface area contributed by atoms with Crippen LogP contribution in [0.2, 0.25) is 0 Å². The number of hydrogen-bond donors (Lipinski definition) is 2. The first-order chi connectivity index (χ1) is 7.92. The van der Waals surface area contributed by atoms with Crippen molar-refractivity contribution in [1.29, 1.82) is 0 Å². The van der Waals surface area contributed by atoms with Crippen molar-refractivity contribution < 1.29 is 13.2 Å². The highest BCUT2D eigenvalue weighted by Gasteiger charge is 2.15. The molecule has 7 heteroatoms. The van der Waals surface area contributed by atoms with Gasteiger partial charge in [0.15, 0.2) is 5.03 Å². The summed E-state index contributed by atoms with van der Waals surface area (Å²) in [6.45, 7) is 8.17. The number of rotatable bonds is 7. The van der Waals surface area contributed by atoms with E-state index in [9.17, 15) is 8.42 Å². The third-order valence-electron chi connectivity index (χ3n) is 1.86. The van der Waals surface area contributed by atoms with Crippen LogP contribution in [0.15, 0.2) is 23.4 Å². The van der Waals surface area contributed by atoms with E-state index in [1.54, 1.807) is 6.92 Å². The molecule has 0 aliphatic heterocycles. The number of hydrogen-bond acceptors (Lipinski definition) is 4. The van der Waals surface area contributed by atoms with Crippen molar-refractivity contribution in [2.75, 3.05) is 19.8 Å². The van der Waals surface area contributed by atoms with Crippen molar-refractivity contribution in [3.05, 3.63) is 24.2 Å². The van der Waals surface area contributed by atoms with Crippen molar-refractivity contribution >= 4 is 10.0 Å². The molecule has 96 valence electrons. The largest absolute Gasteiger partial charge is 0.376 e. The van der Waals surface area contributed by atoms with E-state index < -0.39 is 10.0 Å². The zero-order valence-corrected chi connectivity index (χ0v) is 10.8. The van der Waals surface area contributed by atoms with Crippen LogP contribution >= 0.6 is 0 Å². The minimum absolute atomic E-state index is 0.0647. The van der Waals surface area contributed by atoms with Crippen LogP contribution in [-0.4, -0.2) is 38.1 Å². The molecule has 0 fully saturated rings. The van der Waals surface area contributed by atoms with E-state index in [4.69, 9.17) is 4.74 Å². The van der Waals surface area contributed by atoms with Gasteiger partial charge in [0.1, 0.15) is 5.82 Å². The van der Waals surface area contributed by atoms with Crippen molar-refractivity contribution in [3.63, 3.8) is 0 Å². The summed E-state index contributed by atoms with van der Waals surface area (Å²) in [5.74, 6) is 0.559. The minimum atomic E-state index is -3.51. The summed E-state index contributed by atoms with van der Waals surface area (Å²) in [7, 11) is -3.51. The van der Waals surface area contributed by atoms with Gasteiger partial charge in [-0.05, 0) is 13.8 Å². The van der Waals surface area contributed by atoms with E-state index >= 15 is 0 Å². The summed E-state index contributed by atoms with van der Waals surface area (Å²) in [6, 6.07) is 0. The van der Waals surface area contributed by atoms with Crippen molar-refractivity contribution in [2.45, 2.75) is 18.9 Å². The van der Waals surface area contributed by atoms with Crippen LogP contribution in [0.1, 0.15) is 12.7 Å². The van der Waals surface area contributed by atoms with Crippen LogP contribution in [0.25, 0.3) is 0 Å². The van der Waals surface area contributed by atoms with Gasteiger partial charge in [-0.2, -0.15) is 0 Å². The fourth-order valence-electron chi connectivity index (χ4n) is 1.11. The monoisotopic (exact) mass is 259 g/mol. The summed E-state index contributed by atoms with van der Waals surface area (Å²) >= 11 is 0. The molecule has 0 bridgehead atoms. The summed E-state index contributed by atoms with van der Waals surface area (Å²) in [5, 5.41) is 0.0647. The first kappa shape index (κ1) is 13.9. The Bertz CT molecular complexity index is 479. The molecular formula is C10H17N3O3S. The number of aryl methyl sites for hydroxylation is 1. The molecule has 17 heavy (non-hydrogen) atoms. The summed E-state index contributed by atoms with van der Waals surface area (Å²) in [6.07, 6.45) is 1.28. The molecule has 1 aromatic rings. The maximum absolute atomic E-state index is 11.7. The number of sulfonamides is 1. The fourth-order valence-corrected chi connectivity index (χ4v) is 2.09. The van der Waals surface area contributed by atoms with Crippen LogP contribution in [0.4, 0.5) is 0 Å². The van der Waals surface area contributed by atoms with Gasteiger partial charge in [-0.1, -0.05) is 12.2 Å². The van der Waals surface area contributed by atoms with Crippen molar-refractivity contribution in [1.82, 2.24) is 14.7 Å². The molecule has 0 radical (unpaired) electrons. The molecular weight excluding hydrogens is 242 g/mol. The van der Waals surface area contributed by atoms with E-state index in [1.807, 2.05) is 6.92 Å². The zero-order chi connectivity index (χ0) is 12.9. The van der Waals surface area contributed by atoms with E-state index in [0.717, 1.165) is 5.57 Å². The highest BCUT2D eigenvalue weighted by Crippen LogP contribution is 2.03. The Morgan fingerprint density at radius 3 is 2.88 bits per heavy atom. The molecule has 0 amide bonds. The fraction of sp³-hybridized carbons (Fsp3) is 0.500. The highest BCUT2D eigenvalue weighted by molar-refractivity contribution is 7.89. The molecule has 0 aliphatic rings. The Morgan fingerprint density at radius 1 is 1.65 bits per heavy atom. The number of ether oxygens (including phenoxy) is 1. The molecule has 1 rings (SSSR count). The number of aromatic nitrogens is 2. The van der Waals surface area contributed by atoms with E-state index in [2.05, 4.69) is 21.3 Å². The quantitative estimate of drug-likeness (QED) is 0.554. The lowest BCUT2D eigenvalue weighted by Crippen LogP contribution is -2.27. The van der Waals surface area contributed by atoms with Gasteiger partial charge in [0.25, 0.3) is 10.0 Å². The van der Waals surface area contributed by atoms with Crippen LogP contribution < -0.4 is 4.72 Å². The predicted molar refractivity (Wildman–Crippen MR) is 64.1 cm³/mol. The van der Waals surface area contributed by atoms with Crippen LogP contribution in [0, 0.1) is 6.92 Å². The first-order valence-electron chi connectivity index (χ1n) is 5.15. The molecule has 2 N–H and O–H groups in total. The second-order valence-corrected chi connectivity index (χ2v) is 5.48. The van der Waals surface area contributed by atoms with Gasteiger partial charge in [-0.3, -0.25) is 0 Å². The van der Waals surface area contributed by atoms with Crippen LogP contribution in [0.5, 0.6) is 0 Å². The Labute approximate surface area is 101 Å². The Balaban J connectivity index is 2.38. The summed E-state index contributed by atoms with van der Waals surface area (Å²) in [4.78, 5) is 6.49. The molecule has 0 saturated carbocycles. The smallest absolute Gasteiger partial charge is 0.257 e. The normalized spacial score (nSPS) is 11.6. The first-order valence-corrected chi connectivity index (χ1v) is 6.63. The Kier molecular flexibility index (Phi) is 4.86. The molecule has 1 heterocycles. The average molecular weight is 259 g/mol. The van der Waals surface area contributed by atoms with E-state index in [1.165, 1.54) is 6.20 Å². The average Bonchev–Trinajstić information content (AvgIpc) is 2.64. The lowest BCUT2D eigenvalue weighted by atomic mass is 10.4. The third-order valence-corrected chi connectivity index (χ3v) is 3.23. The molecule has 0 unspecified atom stereocenters. The molecule has 0 aliphatic carbocycles. The number of nitrogens with zero attached hydrogens (tertiary/aromatic N) is 1. The maximum atomic E-state index is 11.7. The number of nitrogens with one attached hydrogen (secondary N) is 2. The summed E-state index contributed by atoms with van der Waals surface area (Å²) in [5.41, 5.74) is 0.900. The predicted octanol–water partition coefficient (Wildman–Crippen LogP) is 0.589. The van der Waals surface area contributed by atoms with Crippen molar-refractivity contribution in [3.8, 4) is 0 Å². The van der Waals surface area contributed by atoms with Gasteiger partial charge >= 0.3 is 0 Å². The van der Waals surface area contributed by atoms with Crippen LogP contribution in [0.3, 0.4) is 0 Å². The Morgan fingerprint density at radius 2 is 2.35 bits per heavy atom. The topological polar surface area (TPSA) is 84.1 Å². The zero-order valence-electron chi connectivity index (χ0n) is 9.99. The highest BCUT2D eigenvalue weighted by atomic mass is 32.2. The van der Waals surface area contributed by atoms with Crippen LogP contribution in [-0.2, 0) is 14.8 Å². The van der Waals surface area contributed by atoms with E-state index in [0.29, 0.717) is 19.0 Å². The number of H-pyrrole nitrogens is 1. The lowest BCUT2D eigenvalue weighted by molar-refractivity contribution is 0.162. The van der Waals surface area contributed by atoms with Gasteiger partial charge < -0.3 is 9.72 Å². The second kappa shape index (κ2) is 5.95. The van der Waals surface area contributed by atoms with Gasteiger partial charge in [-0.25, -0.2) is 18.1 Å². The SMILES string of the molecule is C=C(C)COCCNS(=O)(=O)c1cnc(C)[nH]1. The van der Waals surface area contributed by atoms with Gasteiger partial charge in [0.2, 0.25) is 0 Å². The van der Waals surface area contributed by atoms with Gasteiger partial charge in [0.05, 0.1) is 19.4 Å². The Hall–Kier alpha value is -1.18. The van der Waals surface area contributed by atoms with Gasteiger partial charge in [0, 0.05) is 6.54 Å². The van der Waals surface area contributed by atoms with Crippen molar-refractivity contribution in [2.24, 2.45) is 0 Å². The molecule has 0 aromatic carbocycles. The summed E-state index contributed by atoms with van der Waals surface area (Å²) < 4.78 is 31.0. The molecule has 0 atom stereocenters. The molecule has 0 saturated heterocycles. The standard InChI is InChI=1S/C10H17N3O3S/c1-8(2)7-16-5-4-12-17(14,15)10-6-11-9(3)13-10/h6,12H,1,4-5,7H2,2-3H3,(H,11,13). The third kappa shape index (κ3) is 4.68. The molecule has 0 spiro atoms. The molecule has 6 nitrogen and oxygen atoms in total. The van der Waals surface area contributed by atoms with E-state index in [-0.39, 0.29) is 11.6 Å². The minimum Gasteiger partial charge on any atom is -0.376 e. The van der Waals surface area contributed by atoms with Gasteiger partial charge in [-0.15, -0.1) is 0 Å². The maximum Gasteiger partial charge on any atom is 0.257 e. The lowest BCUT2D eigenvalue weighted by Gasteiger charge is -2.05. The molecule has 1 aromatic heterocycles. The number of imidazole rings is 1. The second-order valence-electron chi connectivity index (χ2n) is 3.74. The number of aromatic amines is 1.